The van der Waals surface area contributed by atoms with Crippen LogP contribution in [0.4, 0.5) is 0 Å². The van der Waals surface area contributed by atoms with Crippen molar-refractivity contribution in [3.8, 4) is 0 Å². The van der Waals surface area contributed by atoms with Crippen LogP contribution in [0.15, 0.2) is 0 Å². The molecule has 1 rings (SSSR count). The molecule has 1 aliphatic heterocycles. The second-order valence-corrected chi connectivity index (χ2v) is 5.51. The molecule has 100 valence electrons. The predicted octanol–water partition coefficient (Wildman–Crippen LogP) is 0.785. The van der Waals surface area contributed by atoms with Crippen molar-refractivity contribution in [2.45, 2.75) is 33.2 Å². The summed E-state index contributed by atoms with van der Waals surface area (Å²) in [5.74, 6) is 0.888. The van der Waals surface area contributed by atoms with Crippen molar-refractivity contribution < 1.29 is 4.79 Å². The number of carbonyl (C=O) groups excluding carboxylic acids is 1. The second kappa shape index (κ2) is 6.97. The van der Waals surface area contributed by atoms with Gasteiger partial charge in [0.25, 0.3) is 0 Å². The fourth-order valence-electron chi connectivity index (χ4n) is 2.26. The smallest absolute Gasteiger partial charge is 0.236 e. The second-order valence-electron chi connectivity index (χ2n) is 5.51. The molecule has 4 nitrogen and oxygen atoms in total. The van der Waals surface area contributed by atoms with Crippen molar-refractivity contribution >= 4 is 5.91 Å². The van der Waals surface area contributed by atoms with Crippen molar-refractivity contribution in [3.63, 3.8) is 0 Å². The largest absolute Gasteiger partial charge is 0.342 e. The molecule has 17 heavy (non-hydrogen) atoms. The molecule has 1 aliphatic rings. The van der Waals surface area contributed by atoms with Crippen LogP contribution in [0.5, 0.6) is 0 Å². The van der Waals surface area contributed by atoms with Gasteiger partial charge in [-0.25, -0.2) is 0 Å². The van der Waals surface area contributed by atoms with E-state index in [1.165, 1.54) is 0 Å². The fourth-order valence-corrected chi connectivity index (χ4v) is 2.26. The van der Waals surface area contributed by atoms with Gasteiger partial charge in [0, 0.05) is 39.3 Å². The Morgan fingerprint density at radius 2 is 1.88 bits per heavy atom. The highest BCUT2D eigenvalue weighted by Gasteiger charge is 2.20. The first-order chi connectivity index (χ1) is 8.00. The van der Waals surface area contributed by atoms with Gasteiger partial charge < -0.3 is 10.2 Å². The highest BCUT2D eigenvalue weighted by molar-refractivity contribution is 5.78. The minimum Gasteiger partial charge on any atom is -0.342 e. The van der Waals surface area contributed by atoms with E-state index in [-0.39, 0.29) is 5.91 Å². The SMILES string of the molecule is CC(C)CC(C)N(C)C(=O)CN1CCNCC1. The quantitative estimate of drug-likeness (QED) is 0.773. The first-order valence-electron chi connectivity index (χ1n) is 6.69. The lowest BCUT2D eigenvalue weighted by atomic mass is 10.0. The summed E-state index contributed by atoms with van der Waals surface area (Å²) in [5, 5.41) is 3.30. The number of carbonyl (C=O) groups is 1. The highest BCUT2D eigenvalue weighted by Crippen LogP contribution is 2.10. The Bertz CT molecular complexity index is 237. The molecule has 0 aliphatic carbocycles. The van der Waals surface area contributed by atoms with Gasteiger partial charge in [-0.15, -0.1) is 0 Å². The Morgan fingerprint density at radius 3 is 2.41 bits per heavy atom. The lowest BCUT2D eigenvalue weighted by molar-refractivity contribution is -0.133. The molecule has 1 N–H and O–H groups in total. The summed E-state index contributed by atoms with van der Waals surface area (Å²) in [6.07, 6.45) is 1.07. The molecule has 1 heterocycles. The molecular formula is C13H27N3O. The van der Waals surface area contributed by atoms with Crippen molar-refractivity contribution in [1.29, 1.82) is 0 Å². The molecule has 0 aromatic rings. The van der Waals surface area contributed by atoms with E-state index in [0.29, 0.717) is 18.5 Å². The zero-order valence-corrected chi connectivity index (χ0v) is 11.7. The van der Waals surface area contributed by atoms with E-state index in [2.05, 4.69) is 31.0 Å². The number of hydrogen-bond acceptors (Lipinski definition) is 3. The van der Waals surface area contributed by atoms with Crippen LogP contribution in [0, 0.1) is 5.92 Å². The number of nitrogens with zero attached hydrogens (tertiary/aromatic N) is 2. The predicted molar refractivity (Wildman–Crippen MR) is 71.0 cm³/mol. The molecule has 0 saturated carbocycles. The van der Waals surface area contributed by atoms with E-state index in [4.69, 9.17) is 0 Å². The van der Waals surface area contributed by atoms with E-state index < -0.39 is 0 Å². The summed E-state index contributed by atoms with van der Waals surface area (Å²) < 4.78 is 0. The first-order valence-corrected chi connectivity index (χ1v) is 6.69. The van der Waals surface area contributed by atoms with Gasteiger partial charge in [-0.2, -0.15) is 0 Å². The highest BCUT2D eigenvalue weighted by atomic mass is 16.2. The van der Waals surface area contributed by atoms with Gasteiger partial charge in [-0.05, 0) is 19.3 Å². The van der Waals surface area contributed by atoms with Crippen LogP contribution in [0.3, 0.4) is 0 Å². The monoisotopic (exact) mass is 241 g/mol. The number of rotatable bonds is 5. The maximum absolute atomic E-state index is 12.1. The van der Waals surface area contributed by atoms with Crippen LogP contribution in [0.2, 0.25) is 0 Å². The van der Waals surface area contributed by atoms with E-state index in [0.717, 1.165) is 32.6 Å². The Labute approximate surface area is 105 Å². The number of likely N-dealkylation sites (N-methyl/N-ethyl adjacent to an activating group) is 1. The third-order valence-electron chi connectivity index (χ3n) is 3.44. The summed E-state index contributed by atoms with van der Waals surface area (Å²) in [4.78, 5) is 16.2. The summed E-state index contributed by atoms with van der Waals surface area (Å²) in [6.45, 7) is 11.1. The minimum atomic E-state index is 0.250. The molecule has 0 radical (unpaired) electrons. The third-order valence-corrected chi connectivity index (χ3v) is 3.44. The molecule has 0 bridgehead atoms. The average molecular weight is 241 g/mol. The van der Waals surface area contributed by atoms with E-state index in [9.17, 15) is 4.79 Å². The van der Waals surface area contributed by atoms with Crippen molar-refractivity contribution in [3.05, 3.63) is 0 Å². The minimum absolute atomic E-state index is 0.250. The summed E-state index contributed by atoms with van der Waals surface area (Å²) in [7, 11) is 1.93. The fraction of sp³-hybridized carbons (Fsp3) is 0.923. The number of hydrogen-bond donors (Lipinski definition) is 1. The summed E-state index contributed by atoms with van der Waals surface area (Å²) in [5.41, 5.74) is 0. The molecule has 1 atom stereocenters. The molecule has 1 fully saturated rings. The van der Waals surface area contributed by atoms with E-state index in [1.807, 2.05) is 11.9 Å². The molecule has 1 saturated heterocycles. The third kappa shape index (κ3) is 5.04. The van der Waals surface area contributed by atoms with Crippen LogP contribution in [0.25, 0.3) is 0 Å². The first kappa shape index (κ1) is 14.5. The number of nitrogens with one attached hydrogen (secondary N) is 1. The Kier molecular flexibility index (Phi) is 5.92. The number of piperazine rings is 1. The zero-order chi connectivity index (χ0) is 12.8. The summed E-state index contributed by atoms with van der Waals surface area (Å²) in [6, 6.07) is 0.338. The van der Waals surface area contributed by atoms with E-state index >= 15 is 0 Å². The van der Waals surface area contributed by atoms with Gasteiger partial charge in [0.15, 0.2) is 0 Å². The molecule has 0 aromatic heterocycles. The molecule has 0 spiro atoms. The van der Waals surface area contributed by atoms with Crippen LogP contribution >= 0.6 is 0 Å². The normalized spacial score (nSPS) is 19.4. The van der Waals surface area contributed by atoms with Crippen LogP contribution < -0.4 is 5.32 Å². The molecule has 4 heteroatoms. The average Bonchev–Trinajstić information content (AvgIpc) is 2.28. The molecule has 1 unspecified atom stereocenters. The Hall–Kier alpha value is -0.610. The van der Waals surface area contributed by atoms with Gasteiger partial charge in [-0.3, -0.25) is 9.69 Å². The van der Waals surface area contributed by atoms with Crippen molar-refractivity contribution in [2.75, 3.05) is 39.8 Å². The summed E-state index contributed by atoms with van der Waals surface area (Å²) >= 11 is 0. The lowest BCUT2D eigenvalue weighted by Gasteiger charge is -2.31. The van der Waals surface area contributed by atoms with Gasteiger partial charge in [0.05, 0.1) is 6.54 Å². The molecule has 0 aromatic carbocycles. The lowest BCUT2D eigenvalue weighted by Crippen LogP contribution is -2.49. The van der Waals surface area contributed by atoms with Crippen LogP contribution in [-0.2, 0) is 4.79 Å². The zero-order valence-electron chi connectivity index (χ0n) is 11.7. The maximum Gasteiger partial charge on any atom is 0.236 e. The van der Waals surface area contributed by atoms with Gasteiger partial charge in [-0.1, -0.05) is 13.8 Å². The Balaban J connectivity index is 2.34. The Morgan fingerprint density at radius 1 is 1.29 bits per heavy atom. The van der Waals surface area contributed by atoms with Gasteiger partial charge in [0.2, 0.25) is 5.91 Å². The topological polar surface area (TPSA) is 35.6 Å². The van der Waals surface area contributed by atoms with Crippen LogP contribution in [-0.4, -0.2) is 61.5 Å². The van der Waals surface area contributed by atoms with Gasteiger partial charge in [0.1, 0.15) is 0 Å². The van der Waals surface area contributed by atoms with Crippen molar-refractivity contribution in [2.24, 2.45) is 5.92 Å². The van der Waals surface area contributed by atoms with Crippen molar-refractivity contribution in [1.82, 2.24) is 15.1 Å². The molecular weight excluding hydrogens is 214 g/mol. The van der Waals surface area contributed by atoms with E-state index in [1.54, 1.807) is 0 Å². The standard InChI is InChI=1S/C13H27N3O/c1-11(2)9-12(3)15(4)13(17)10-16-7-5-14-6-8-16/h11-12,14H,5-10H2,1-4H3. The maximum atomic E-state index is 12.1. The van der Waals surface area contributed by atoms with Crippen LogP contribution in [0.1, 0.15) is 27.2 Å². The molecule has 1 amide bonds. The van der Waals surface area contributed by atoms with Gasteiger partial charge >= 0.3 is 0 Å². The number of amides is 1.